The Labute approximate surface area is 227 Å². The number of aliphatic hydroxyl groups is 4. The molecule has 8 heteroatoms. The van der Waals surface area contributed by atoms with E-state index in [1.807, 2.05) is 51.2 Å². The van der Waals surface area contributed by atoms with E-state index in [9.17, 15) is 30.0 Å². The van der Waals surface area contributed by atoms with E-state index in [1.165, 1.54) is 6.92 Å². The monoisotopic (exact) mass is 536 g/mol. The van der Waals surface area contributed by atoms with Crippen LogP contribution < -0.4 is 0 Å². The molecule has 0 radical (unpaired) electrons. The van der Waals surface area contributed by atoms with Gasteiger partial charge in [-0.1, -0.05) is 57.2 Å². The molecule has 0 aromatic carbocycles. The SMILES string of the molecule is CC(=O)OC1/C=C/C(C)C(/C(C)=C/C=C/C(C)C/C=C/C(C)C(O)C(C)O)OC(=O)CC(O)CCC1(C)O. The number of ether oxygens (including phenoxy) is 2. The maximum atomic E-state index is 12.6. The van der Waals surface area contributed by atoms with Gasteiger partial charge < -0.3 is 29.9 Å². The second-order valence-corrected chi connectivity index (χ2v) is 11.0. The highest BCUT2D eigenvalue weighted by Gasteiger charge is 2.35. The predicted octanol–water partition coefficient (Wildman–Crippen LogP) is 3.78. The average Bonchev–Trinajstić information content (AvgIpc) is 2.82. The molecule has 1 rings (SSSR count). The third-order valence-electron chi connectivity index (χ3n) is 6.85. The fourth-order valence-electron chi connectivity index (χ4n) is 4.26. The molecule has 9 unspecified atom stereocenters. The van der Waals surface area contributed by atoms with Gasteiger partial charge in [-0.3, -0.25) is 9.59 Å². The predicted molar refractivity (Wildman–Crippen MR) is 147 cm³/mol. The standard InChI is InChI=1S/C30H48O8/c1-19(10-8-12-20(2)28(35)23(5)31)11-9-13-21(3)29-22(4)14-15-26(37-24(6)32)30(7,36)17-16-25(33)18-27(34)38-29/h8-9,11-15,19-20,22-23,25-26,28-29,31,33,35-36H,10,16-18H2,1-7H3/b11-9+,12-8+,15-14+,21-13+. The van der Waals surface area contributed by atoms with Crippen LogP contribution in [-0.2, 0) is 19.1 Å². The lowest BCUT2D eigenvalue weighted by atomic mass is 9.88. The Morgan fingerprint density at radius 2 is 1.87 bits per heavy atom. The van der Waals surface area contributed by atoms with Crippen molar-refractivity contribution >= 4 is 11.9 Å². The van der Waals surface area contributed by atoms with Gasteiger partial charge in [-0.25, -0.2) is 0 Å². The molecule has 8 nitrogen and oxygen atoms in total. The highest BCUT2D eigenvalue weighted by atomic mass is 16.6. The summed E-state index contributed by atoms with van der Waals surface area (Å²) in [5.74, 6) is -1.29. The molecule has 9 atom stereocenters. The van der Waals surface area contributed by atoms with Crippen LogP contribution in [-0.4, -0.2) is 68.5 Å². The van der Waals surface area contributed by atoms with Crippen LogP contribution in [0.15, 0.2) is 48.1 Å². The lowest BCUT2D eigenvalue weighted by Gasteiger charge is -2.32. The summed E-state index contributed by atoms with van der Waals surface area (Å²) in [6.07, 6.45) is 9.83. The van der Waals surface area contributed by atoms with Crippen LogP contribution in [0.1, 0.15) is 74.1 Å². The van der Waals surface area contributed by atoms with Crippen LogP contribution in [0.4, 0.5) is 0 Å². The zero-order chi connectivity index (χ0) is 29.0. The third-order valence-corrected chi connectivity index (χ3v) is 6.85. The number of cyclic esters (lactones) is 1. The first-order valence-corrected chi connectivity index (χ1v) is 13.5. The van der Waals surface area contributed by atoms with Gasteiger partial charge in [0.2, 0.25) is 0 Å². The van der Waals surface area contributed by atoms with Gasteiger partial charge in [0.15, 0.2) is 0 Å². The highest BCUT2D eigenvalue weighted by Crippen LogP contribution is 2.27. The summed E-state index contributed by atoms with van der Waals surface area (Å²) in [6, 6.07) is 0. The van der Waals surface area contributed by atoms with Gasteiger partial charge >= 0.3 is 11.9 Å². The van der Waals surface area contributed by atoms with Gasteiger partial charge in [-0.15, -0.1) is 0 Å². The lowest BCUT2D eigenvalue weighted by molar-refractivity contribution is -0.157. The molecular formula is C30H48O8. The van der Waals surface area contributed by atoms with Gasteiger partial charge in [0, 0.05) is 18.8 Å². The first kappa shape index (κ1) is 33.8. The smallest absolute Gasteiger partial charge is 0.309 e. The number of carbonyl (C=O) groups is 2. The minimum Gasteiger partial charge on any atom is -0.457 e. The Morgan fingerprint density at radius 1 is 1.21 bits per heavy atom. The fraction of sp³-hybridized carbons (Fsp3) is 0.667. The Kier molecular flexibility index (Phi) is 14.2. The van der Waals surface area contributed by atoms with Crippen molar-refractivity contribution in [1.29, 1.82) is 0 Å². The van der Waals surface area contributed by atoms with Crippen molar-refractivity contribution < 1.29 is 39.5 Å². The van der Waals surface area contributed by atoms with E-state index in [0.717, 1.165) is 12.0 Å². The van der Waals surface area contributed by atoms with E-state index in [1.54, 1.807) is 26.0 Å². The Hall–Kier alpha value is -2.26. The van der Waals surface area contributed by atoms with Gasteiger partial charge in [-0.05, 0) is 57.6 Å². The molecule has 0 fully saturated rings. The number of hydrogen-bond acceptors (Lipinski definition) is 8. The van der Waals surface area contributed by atoms with Crippen LogP contribution in [0.5, 0.6) is 0 Å². The molecule has 1 heterocycles. The highest BCUT2D eigenvalue weighted by molar-refractivity contribution is 5.70. The first-order valence-electron chi connectivity index (χ1n) is 13.5. The van der Waals surface area contributed by atoms with E-state index < -0.39 is 48.1 Å². The van der Waals surface area contributed by atoms with Crippen LogP contribution in [0, 0.1) is 17.8 Å². The normalized spacial score (nSPS) is 32.1. The molecule has 0 aliphatic carbocycles. The van der Waals surface area contributed by atoms with Crippen molar-refractivity contribution in [2.75, 3.05) is 0 Å². The number of rotatable bonds is 9. The van der Waals surface area contributed by atoms with Crippen molar-refractivity contribution in [2.45, 2.75) is 110 Å². The fourth-order valence-corrected chi connectivity index (χ4v) is 4.26. The molecule has 1 aliphatic heterocycles. The summed E-state index contributed by atoms with van der Waals surface area (Å²) in [5.41, 5.74) is -0.614. The molecule has 216 valence electrons. The molecular weight excluding hydrogens is 488 g/mol. The number of aliphatic hydroxyl groups excluding tert-OH is 3. The molecule has 0 saturated heterocycles. The molecule has 0 bridgehead atoms. The van der Waals surface area contributed by atoms with E-state index in [-0.39, 0.29) is 37.0 Å². The van der Waals surface area contributed by atoms with Crippen molar-refractivity contribution in [3.8, 4) is 0 Å². The number of esters is 2. The summed E-state index contributed by atoms with van der Waals surface area (Å²) in [6.45, 7) is 12.0. The molecule has 1 aliphatic rings. The van der Waals surface area contributed by atoms with Crippen molar-refractivity contribution in [3.05, 3.63) is 48.1 Å². The van der Waals surface area contributed by atoms with Crippen LogP contribution >= 0.6 is 0 Å². The molecule has 0 aromatic rings. The number of hydrogen-bond donors (Lipinski definition) is 4. The topological polar surface area (TPSA) is 134 Å². The Bertz CT molecular complexity index is 869. The summed E-state index contributed by atoms with van der Waals surface area (Å²) in [4.78, 5) is 24.2. The Balaban J connectivity index is 3.03. The van der Waals surface area contributed by atoms with E-state index in [2.05, 4.69) is 6.92 Å². The quantitative estimate of drug-likeness (QED) is 0.199. The van der Waals surface area contributed by atoms with Gasteiger partial charge in [0.1, 0.15) is 17.8 Å². The van der Waals surface area contributed by atoms with Crippen molar-refractivity contribution in [2.24, 2.45) is 17.8 Å². The van der Waals surface area contributed by atoms with Crippen molar-refractivity contribution in [1.82, 2.24) is 0 Å². The number of carbonyl (C=O) groups excluding carboxylic acids is 2. The van der Waals surface area contributed by atoms with Crippen LogP contribution in [0.2, 0.25) is 0 Å². The second-order valence-electron chi connectivity index (χ2n) is 11.0. The largest absolute Gasteiger partial charge is 0.457 e. The second kappa shape index (κ2) is 16.0. The molecule has 0 spiro atoms. The zero-order valence-electron chi connectivity index (χ0n) is 23.9. The summed E-state index contributed by atoms with van der Waals surface area (Å²) >= 11 is 0. The summed E-state index contributed by atoms with van der Waals surface area (Å²) in [7, 11) is 0. The Morgan fingerprint density at radius 3 is 2.47 bits per heavy atom. The molecule has 0 saturated carbocycles. The van der Waals surface area contributed by atoms with Gasteiger partial charge in [0.25, 0.3) is 0 Å². The summed E-state index contributed by atoms with van der Waals surface area (Å²) in [5, 5.41) is 40.7. The molecule has 0 aromatic heterocycles. The maximum absolute atomic E-state index is 12.6. The maximum Gasteiger partial charge on any atom is 0.309 e. The van der Waals surface area contributed by atoms with Gasteiger partial charge in [0.05, 0.1) is 24.7 Å². The molecule has 4 N–H and O–H groups in total. The minimum absolute atomic E-state index is 0.138. The average molecular weight is 537 g/mol. The lowest BCUT2D eigenvalue weighted by Crippen LogP contribution is -2.42. The van der Waals surface area contributed by atoms with E-state index in [4.69, 9.17) is 9.47 Å². The van der Waals surface area contributed by atoms with Crippen LogP contribution in [0.25, 0.3) is 0 Å². The van der Waals surface area contributed by atoms with E-state index in [0.29, 0.717) is 0 Å². The van der Waals surface area contributed by atoms with Crippen molar-refractivity contribution in [3.63, 3.8) is 0 Å². The summed E-state index contributed by atoms with van der Waals surface area (Å²) < 4.78 is 11.1. The zero-order valence-corrected chi connectivity index (χ0v) is 23.9. The van der Waals surface area contributed by atoms with E-state index >= 15 is 0 Å². The molecule has 38 heavy (non-hydrogen) atoms. The van der Waals surface area contributed by atoms with Gasteiger partial charge in [-0.2, -0.15) is 0 Å². The third kappa shape index (κ3) is 12.1. The van der Waals surface area contributed by atoms with Crippen LogP contribution in [0.3, 0.4) is 0 Å². The minimum atomic E-state index is -1.41. The molecule has 0 amide bonds. The number of allylic oxidation sites excluding steroid dienone is 4. The first-order chi connectivity index (χ1) is 17.6.